The molecule has 0 spiro atoms. The van der Waals surface area contributed by atoms with E-state index in [9.17, 15) is 4.79 Å². The van der Waals surface area contributed by atoms with Gasteiger partial charge < -0.3 is 14.6 Å². The number of aliphatic carboxylic acids is 1. The summed E-state index contributed by atoms with van der Waals surface area (Å²) in [5.41, 5.74) is 0.312. The van der Waals surface area contributed by atoms with Crippen LogP contribution in [0.4, 0.5) is 0 Å². The molecule has 0 aromatic carbocycles. The van der Waals surface area contributed by atoms with E-state index in [-0.39, 0.29) is 6.10 Å². The maximum absolute atomic E-state index is 10.3. The monoisotopic (exact) mass is 172 g/mol. The topological polar surface area (TPSA) is 59.1 Å². The van der Waals surface area contributed by atoms with Crippen LogP contribution in [0, 0.1) is 0 Å². The maximum atomic E-state index is 10.3. The molecule has 1 saturated heterocycles. The van der Waals surface area contributed by atoms with Gasteiger partial charge in [0.2, 0.25) is 0 Å². The SMILES string of the molecule is CC(=CCOCC1CO1)C(=O)O. The Bertz CT molecular complexity index is 193. The lowest BCUT2D eigenvalue weighted by molar-refractivity contribution is -0.132. The van der Waals surface area contributed by atoms with E-state index >= 15 is 0 Å². The number of rotatable bonds is 5. The molecule has 1 aliphatic rings. The molecule has 1 rings (SSSR count). The summed E-state index contributed by atoms with van der Waals surface area (Å²) < 4.78 is 10.0. The molecule has 0 aromatic rings. The molecule has 1 atom stereocenters. The predicted molar refractivity (Wildman–Crippen MR) is 42.0 cm³/mol. The van der Waals surface area contributed by atoms with Crippen molar-refractivity contribution in [1.29, 1.82) is 0 Å². The van der Waals surface area contributed by atoms with Crippen LogP contribution < -0.4 is 0 Å². The van der Waals surface area contributed by atoms with E-state index in [0.29, 0.717) is 18.8 Å². The number of carboxylic acid groups (broad SMARTS) is 1. The smallest absolute Gasteiger partial charge is 0.331 e. The van der Waals surface area contributed by atoms with Gasteiger partial charge in [0.05, 0.1) is 19.8 Å². The van der Waals surface area contributed by atoms with Crippen LogP contribution in [0.5, 0.6) is 0 Å². The molecule has 0 aromatic heterocycles. The molecule has 0 saturated carbocycles. The van der Waals surface area contributed by atoms with Crippen LogP contribution >= 0.6 is 0 Å². The highest BCUT2D eigenvalue weighted by Crippen LogP contribution is 2.08. The third-order valence-corrected chi connectivity index (χ3v) is 1.55. The van der Waals surface area contributed by atoms with Gasteiger partial charge in [0, 0.05) is 5.57 Å². The number of hydrogen-bond donors (Lipinski definition) is 1. The minimum atomic E-state index is -0.902. The minimum absolute atomic E-state index is 0.239. The van der Waals surface area contributed by atoms with E-state index < -0.39 is 5.97 Å². The fraction of sp³-hybridized carbons (Fsp3) is 0.625. The molecule has 1 unspecified atom stereocenters. The van der Waals surface area contributed by atoms with Crippen molar-refractivity contribution in [2.45, 2.75) is 13.0 Å². The zero-order valence-electron chi connectivity index (χ0n) is 6.95. The lowest BCUT2D eigenvalue weighted by atomic mass is 10.3. The third-order valence-electron chi connectivity index (χ3n) is 1.55. The van der Waals surface area contributed by atoms with Gasteiger partial charge in [-0.25, -0.2) is 4.79 Å². The molecular formula is C8H12O4. The van der Waals surface area contributed by atoms with E-state index in [1.807, 2.05) is 0 Å². The predicted octanol–water partition coefficient (Wildman–Crippen LogP) is 0.433. The highest BCUT2D eigenvalue weighted by atomic mass is 16.6. The molecule has 4 heteroatoms. The van der Waals surface area contributed by atoms with Crippen LogP contribution in [0.2, 0.25) is 0 Å². The zero-order valence-corrected chi connectivity index (χ0v) is 6.95. The Kier molecular flexibility index (Phi) is 3.25. The van der Waals surface area contributed by atoms with E-state index in [4.69, 9.17) is 14.6 Å². The molecule has 1 heterocycles. The van der Waals surface area contributed by atoms with Crippen LogP contribution in [0.1, 0.15) is 6.92 Å². The highest BCUT2D eigenvalue weighted by molar-refractivity contribution is 5.85. The van der Waals surface area contributed by atoms with Crippen molar-refractivity contribution in [3.8, 4) is 0 Å². The summed E-state index contributed by atoms with van der Waals surface area (Å²) in [7, 11) is 0. The largest absolute Gasteiger partial charge is 0.478 e. The second kappa shape index (κ2) is 4.23. The van der Waals surface area contributed by atoms with E-state index in [1.54, 1.807) is 13.0 Å². The maximum Gasteiger partial charge on any atom is 0.331 e. The number of carbonyl (C=O) groups is 1. The summed E-state index contributed by atoms with van der Waals surface area (Å²) in [4.78, 5) is 10.3. The summed E-state index contributed by atoms with van der Waals surface area (Å²) in [5.74, 6) is -0.902. The standard InChI is InChI=1S/C8H12O4/c1-6(8(9)10)2-3-11-4-7-5-12-7/h2,7H,3-5H2,1H3,(H,9,10). The van der Waals surface area contributed by atoms with Crippen molar-refractivity contribution >= 4 is 5.97 Å². The number of ether oxygens (including phenoxy) is 2. The first kappa shape index (κ1) is 9.22. The van der Waals surface area contributed by atoms with Gasteiger partial charge in [-0.05, 0) is 13.0 Å². The lowest BCUT2D eigenvalue weighted by Gasteiger charge is -1.96. The molecule has 68 valence electrons. The fourth-order valence-corrected chi connectivity index (χ4v) is 0.635. The summed E-state index contributed by atoms with van der Waals surface area (Å²) in [6.07, 6.45) is 1.79. The average Bonchev–Trinajstić information content (AvgIpc) is 2.80. The van der Waals surface area contributed by atoms with Gasteiger partial charge in [0.15, 0.2) is 0 Å². The Balaban J connectivity index is 2.05. The quantitative estimate of drug-likeness (QED) is 0.371. The van der Waals surface area contributed by atoms with Gasteiger partial charge in [0.1, 0.15) is 6.10 Å². The molecule has 1 aliphatic heterocycles. The van der Waals surface area contributed by atoms with Gasteiger partial charge in [-0.1, -0.05) is 0 Å². The number of carboxylic acids is 1. The molecule has 4 nitrogen and oxygen atoms in total. The second-order valence-electron chi connectivity index (χ2n) is 2.69. The van der Waals surface area contributed by atoms with Crippen LogP contribution in [0.15, 0.2) is 11.6 Å². The molecule has 1 fully saturated rings. The van der Waals surface area contributed by atoms with Crippen LogP contribution in [0.3, 0.4) is 0 Å². The van der Waals surface area contributed by atoms with Crippen molar-refractivity contribution in [1.82, 2.24) is 0 Å². The van der Waals surface area contributed by atoms with Gasteiger partial charge in [-0.3, -0.25) is 0 Å². The molecular weight excluding hydrogens is 160 g/mol. The van der Waals surface area contributed by atoms with E-state index in [0.717, 1.165) is 6.61 Å². The molecule has 0 amide bonds. The Morgan fingerprint density at radius 3 is 3.00 bits per heavy atom. The van der Waals surface area contributed by atoms with Crippen molar-refractivity contribution in [3.05, 3.63) is 11.6 Å². The van der Waals surface area contributed by atoms with Gasteiger partial charge in [-0.2, -0.15) is 0 Å². The van der Waals surface area contributed by atoms with Crippen LogP contribution in [-0.4, -0.2) is 37.0 Å². The van der Waals surface area contributed by atoms with Crippen LogP contribution in [-0.2, 0) is 14.3 Å². The minimum Gasteiger partial charge on any atom is -0.478 e. The zero-order chi connectivity index (χ0) is 8.97. The van der Waals surface area contributed by atoms with E-state index in [1.165, 1.54) is 0 Å². The van der Waals surface area contributed by atoms with Crippen molar-refractivity contribution in [2.75, 3.05) is 19.8 Å². The van der Waals surface area contributed by atoms with Crippen LogP contribution in [0.25, 0.3) is 0 Å². The first-order chi connectivity index (χ1) is 5.70. The van der Waals surface area contributed by atoms with Crippen molar-refractivity contribution in [2.24, 2.45) is 0 Å². The normalized spacial score (nSPS) is 22.4. The number of hydrogen-bond acceptors (Lipinski definition) is 3. The Hall–Kier alpha value is -0.870. The van der Waals surface area contributed by atoms with Gasteiger partial charge in [-0.15, -0.1) is 0 Å². The number of epoxide rings is 1. The summed E-state index contributed by atoms with van der Waals surface area (Å²) in [6, 6.07) is 0. The first-order valence-corrected chi connectivity index (χ1v) is 3.79. The molecule has 1 N–H and O–H groups in total. The molecule has 0 radical (unpaired) electrons. The van der Waals surface area contributed by atoms with Gasteiger partial charge >= 0.3 is 5.97 Å². The van der Waals surface area contributed by atoms with E-state index in [2.05, 4.69) is 0 Å². The summed E-state index contributed by atoms with van der Waals surface area (Å²) in [6.45, 7) is 3.21. The summed E-state index contributed by atoms with van der Waals surface area (Å²) >= 11 is 0. The Labute approximate surface area is 70.8 Å². The fourth-order valence-electron chi connectivity index (χ4n) is 0.635. The lowest BCUT2D eigenvalue weighted by Crippen LogP contribution is -2.03. The summed E-state index contributed by atoms with van der Waals surface area (Å²) in [5, 5.41) is 8.45. The Morgan fingerprint density at radius 1 is 1.83 bits per heavy atom. The second-order valence-corrected chi connectivity index (χ2v) is 2.69. The highest BCUT2D eigenvalue weighted by Gasteiger charge is 2.21. The Morgan fingerprint density at radius 2 is 2.50 bits per heavy atom. The molecule has 0 bridgehead atoms. The first-order valence-electron chi connectivity index (χ1n) is 3.79. The average molecular weight is 172 g/mol. The molecule has 12 heavy (non-hydrogen) atoms. The third kappa shape index (κ3) is 3.50. The van der Waals surface area contributed by atoms with Crippen molar-refractivity contribution in [3.63, 3.8) is 0 Å². The molecule has 0 aliphatic carbocycles. The van der Waals surface area contributed by atoms with Crippen molar-refractivity contribution < 1.29 is 19.4 Å². The van der Waals surface area contributed by atoms with Gasteiger partial charge in [0.25, 0.3) is 0 Å².